The Labute approximate surface area is 694 Å². The van der Waals surface area contributed by atoms with E-state index >= 15 is 0 Å². The molecule has 0 amide bonds. The van der Waals surface area contributed by atoms with Crippen LogP contribution in [0.25, 0.3) is 203 Å². The number of pyridine rings is 6. The molecule has 10 aromatic heterocycles. The zero-order chi connectivity index (χ0) is 80.2. The van der Waals surface area contributed by atoms with E-state index in [1.54, 1.807) is 12.4 Å². The van der Waals surface area contributed by atoms with E-state index in [1.807, 2.05) is 279 Å². The van der Waals surface area contributed by atoms with Gasteiger partial charge in [0.05, 0.1) is 91.1 Å². The van der Waals surface area contributed by atoms with Crippen molar-refractivity contribution in [3.63, 3.8) is 0 Å². The monoisotopic (exact) mass is 1540 g/mol. The Bertz CT molecular complexity index is 6510. The maximum atomic E-state index is 5.11. The molecule has 0 spiro atoms. The molecule has 0 aliphatic rings. The van der Waals surface area contributed by atoms with Crippen LogP contribution in [0.5, 0.6) is 0 Å². The van der Waals surface area contributed by atoms with Crippen molar-refractivity contribution in [2.24, 2.45) is 0 Å². The number of rotatable bonds is 18. The Kier molecular flexibility index (Phi) is 21.0. The van der Waals surface area contributed by atoms with Crippen molar-refractivity contribution < 1.29 is 0 Å². The minimum absolute atomic E-state index is 0.655. The zero-order valence-electron chi connectivity index (χ0n) is 64.7. The van der Waals surface area contributed by atoms with Gasteiger partial charge in [0.25, 0.3) is 0 Å². The smallest absolute Gasteiger partial charge is 0.160 e. The summed E-state index contributed by atoms with van der Waals surface area (Å²) >= 11 is 0. The lowest BCUT2D eigenvalue weighted by Gasteiger charge is -2.12. The number of nitrogens with zero attached hydrogens (tertiary/aromatic N) is 14. The third kappa shape index (κ3) is 16.7. The van der Waals surface area contributed by atoms with Crippen LogP contribution in [0, 0.1) is 0 Å². The largest absolute Gasteiger partial charge is 0.255 e. The van der Waals surface area contributed by atoms with Gasteiger partial charge in [-0.2, -0.15) is 0 Å². The minimum Gasteiger partial charge on any atom is -0.255 e. The van der Waals surface area contributed by atoms with Crippen LogP contribution in [0.1, 0.15) is 0 Å². The van der Waals surface area contributed by atoms with E-state index in [0.29, 0.717) is 23.3 Å². The average molecular weight is 1540 g/mol. The Morgan fingerprint density at radius 2 is 0.342 bits per heavy atom. The quantitative estimate of drug-likeness (QED) is 0.0791. The van der Waals surface area contributed by atoms with Gasteiger partial charge in [0.15, 0.2) is 23.3 Å². The van der Waals surface area contributed by atoms with Crippen molar-refractivity contribution in [3.05, 3.63) is 425 Å². The average Bonchev–Trinajstić information content (AvgIpc) is 0.797. The molecular weight excluding hydrogens is 1470 g/mol. The summed E-state index contributed by atoms with van der Waals surface area (Å²) in [6.07, 6.45) is 7.30. The van der Waals surface area contributed by atoms with Gasteiger partial charge >= 0.3 is 0 Å². The molecular formula is C106H70N14. The second kappa shape index (κ2) is 34.2. The summed E-state index contributed by atoms with van der Waals surface area (Å²) < 4.78 is 0. The topological polar surface area (TPSA) is 180 Å². The van der Waals surface area contributed by atoms with Gasteiger partial charge in [-0.1, -0.05) is 297 Å². The van der Waals surface area contributed by atoms with E-state index in [-0.39, 0.29) is 0 Å². The van der Waals surface area contributed by atoms with Crippen LogP contribution in [0.4, 0.5) is 0 Å². The van der Waals surface area contributed by atoms with E-state index in [2.05, 4.69) is 143 Å². The lowest BCUT2D eigenvalue weighted by Crippen LogP contribution is -1.97. The normalized spacial score (nSPS) is 11.0. The predicted octanol–water partition coefficient (Wildman–Crippen LogP) is 24.9. The third-order valence-corrected chi connectivity index (χ3v) is 20.5. The van der Waals surface area contributed by atoms with Crippen molar-refractivity contribution in [3.8, 4) is 203 Å². The molecule has 0 aliphatic heterocycles. The molecule has 0 saturated heterocycles. The number of aromatic nitrogens is 14. The van der Waals surface area contributed by atoms with Crippen molar-refractivity contribution in [1.29, 1.82) is 0 Å². The van der Waals surface area contributed by atoms with E-state index < -0.39 is 0 Å². The Balaban J connectivity index is 0.000000159. The summed E-state index contributed by atoms with van der Waals surface area (Å²) in [4.78, 5) is 69.4. The summed E-state index contributed by atoms with van der Waals surface area (Å²) in [7, 11) is 0. The molecule has 0 aliphatic carbocycles. The first-order valence-corrected chi connectivity index (χ1v) is 39.4. The summed E-state index contributed by atoms with van der Waals surface area (Å²) in [5.41, 5.74) is 28.3. The van der Waals surface area contributed by atoms with Gasteiger partial charge in [0.1, 0.15) is 0 Å². The van der Waals surface area contributed by atoms with Crippen LogP contribution >= 0.6 is 0 Å². The highest BCUT2D eigenvalue weighted by Gasteiger charge is 2.20. The van der Waals surface area contributed by atoms with Crippen LogP contribution in [0.3, 0.4) is 0 Å². The minimum atomic E-state index is 0.655. The number of hydrogen-bond donors (Lipinski definition) is 0. The lowest BCUT2D eigenvalue weighted by molar-refractivity contribution is 1.17. The van der Waals surface area contributed by atoms with Crippen LogP contribution < -0.4 is 0 Å². The molecule has 0 saturated carbocycles. The highest BCUT2D eigenvalue weighted by Crippen LogP contribution is 2.38. The fourth-order valence-electron chi connectivity index (χ4n) is 14.3. The lowest BCUT2D eigenvalue weighted by atomic mass is 9.99. The van der Waals surface area contributed by atoms with Gasteiger partial charge in [-0.3, -0.25) is 19.9 Å². The first kappa shape index (κ1) is 73.6. The second-order valence-corrected chi connectivity index (χ2v) is 28.5. The molecule has 0 N–H and O–H groups in total. The maximum Gasteiger partial charge on any atom is 0.160 e. The van der Waals surface area contributed by atoms with Gasteiger partial charge in [-0.25, -0.2) is 49.8 Å². The van der Waals surface area contributed by atoms with Gasteiger partial charge in [0, 0.05) is 91.5 Å². The molecule has 14 heteroatoms. The summed E-state index contributed by atoms with van der Waals surface area (Å²) in [5.74, 6) is 2.66. The Hall–Kier alpha value is -16.6. The van der Waals surface area contributed by atoms with Crippen molar-refractivity contribution in [2.75, 3.05) is 0 Å². The maximum absolute atomic E-state index is 5.11. The first-order valence-electron chi connectivity index (χ1n) is 39.4. The fourth-order valence-corrected chi connectivity index (χ4v) is 14.3. The molecule has 14 nitrogen and oxygen atoms in total. The molecule has 20 aromatic rings. The van der Waals surface area contributed by atoms with E-state index in [1.165, 1.54) is 0 Å². The molecule has 10 aromatic carbocycles. The molecule has 0 unspecified atom stereocenters. The molecule has 120 heavy (non-hydrogen) atoms. The zero-order valence-corrected chi connectivity index (χ0v) is 64.7. The van der Waals surface area contributed by atoms with Crippen LogP contribution in [-0.4, -0.2) is 69.8 Å². The molecule has 564 valence electrons. The first-order chi connectivity index (χ1) is 59.4. The highest BCUT2D eigenvalue weighted by molar-refractivity contribution is 5.83. The van der Waals surface area contributed by atoms with Gasteiger partial charge in [-0.05, 0) is 125 Å². The molecule has 0 bridgehead atoms. The fraction of sp³-hybridized carbons (Fsp3) is 0. The van der Waals surface area contributed by atoms with E-state index in [4.69, 9.17) is 59.8 Å². The molecule has 10 heterocycles. The van der Waals surface area contributed by atoms with E-state index in [9.17, 15) is 0 Å². The third-order valence-electron chi connectivity index (χ3n) is 20.5. The molecule has 20 rings (SSSR count). The van der Waals surface area contributed by atoms with Crippen LogP contribution in [0.2, 0.25) is 0 Å². The number of benzene rings is 10. The van der Waals surface area contributed by atoms with Crippen LogP contribution in [0.15, 0.2) is 425 Å². The second-order valence-electron chi connectivity index (χ2n) is 28.5. The van der Waals surface area contributed by atoms with Crippen LogP contribution in [-0.2, 0) is 0 Å². The summed E-state index contributed by atoms with van der Waals surface area (Å²) in [5, 5.41) is 0. The van der Waals surface area contributed by atoms with E-state index in [0.717, 1.165) is 180 Å². The summed E-state index contributed by atoms with van der Waals surface area (Å²) in [6, 6.07) is 134. The SMILES string of the molecule is c1ccc(-c2cc(-c3ccc(-c4cc(-c5cccc(-c6cc(-c7ccccc7)nc(-c7ccccc7)n6)c5)cc(-c5ccccn5)n4)nc3)nc(-c3ccccc3)n2)cc1.c1ccc(-c2cc(-c3ccc(-c4cc(-c5ccccn5)nc(-c5ccc(-c6cc(-c7ccccc7)nc(-c7ccccc7)n6)cn5)c4)cc3)nc(-c3ccccc3)n2)cc1. The van der Waals surface area contributed by atoms with Gasteiger partial charge in [-0.15, -0.1) is 0 Å². The molecule has 0 atom stereocenters. The van der Waals surface area contributed by atoms with Gasteiger partial charge in [0.2, 0.25) is 0 Å². The van der Waals surface area contributed by atoms with Crippen molar-refractivity contribution >= 4 is 0 Å². The Morgan fingerprint density at radius 1 is 0.108 bits per heavy atom. The number of hydrogen-bond acceptors (Lipinski definition) is 14. The predicted molar refractivity (Wildman–Crippen MR) is 480 cm³/mol. The molecule has 0 radical (unpaired) electrons. The molecule has 0 fully saturated rings. The van der Waals surface area contributed by atoms with Crippen molar-refractivity contribution in [1.82, 2.24) is 69.8 Å². The summed E-state index contributed by atoms with van der Waals surface area (Å²) in [6.45, 7) is 0. The van der Waals surface area contributed by atoms with Gasteiger partial charge < -0.3 is 0 Å². The standard InChI is InChI=1S/2C53H35N7/c1-5-16-36(17-6-1)46-33-48(59-52(57-46)38-20-9-3-10-21-38)41-25-15-24-40(30-41)43-31-50(44-26-13-14-29-54-44)56-51(32-43)45-28-27-42(35-55-45)49-34-47(37-18-7-2-8-19-37)58-53(60-49)39-22-11-4-12-23-39;1-5-15-37(16-6-1)46-33-48(59-52(57-46)40-19-9-3-10-20-40)39-26-24-36(25-27-39)43-31-50(44-23-13-14-30-54-44)56-51(32-43)45-29-28-42(35-55-45)49-34-47(38-17-7-2-8-18-38)58-53(60-49)41-21-11-4-12-22-41/h2*1-35H. The Morgan fingerprint density at radius 3 is 0.633 bits per heavy atom. The van der Waals surface area contributed by atoms with Crippen molar-refractivity contribution in [2.45, 2.75) is 0 Å². The highest BCUT2D eigenvalue weighted by atomic mass is 14.9.